The number of carbonyl (C=O) groups is 5. The van der Waals surface area contributed by atoms with Gasteiger partial charge in [-0.2, -0.15) is 0 Å². The fourth-order valence-electron chi connectivity index (χ4n) is 5.41. The molecular formula is C34H48N12O5. The van der Waals surface area contributed by atoms with E-state index in [2.05, 4.69) is 36.2 Å². The number of fused-ring (bicyclic) bond motifs is 1. The lowest BCUT2D eigenvalue weighted by Gasteiger charge is -2.26. The highest BCUT2D eigenvalue weighted by molar-refractivity contribution is 5.95. The Morgan fingerprint density at radius 1 is 0.647 bits per heavy atom. The number of amides is 5. The molecule has 0 aliphatic carbocycles. The largest absolute Gasteiger partial charge is 0.370 e. The lowest BCUT2D eigenvalue weighted by molar-refractivity contribution is -0.134. The molecule has 0 spiro atoms. The van der Waals surface area contributed by atoms with Crippen molar-refractivity contribution in [2.45, 2.75) is 69.6 Å². The number of carbonyl (C=O) groups excluding carboxylic acids is 5. The van der Waals surface area contributed by atoms with Crippen LogP contribution in [0, 0.1) is 0 Å². The molecule has 0 bridgehead atoms. The summed E-state index contributed by atoms with van der Waals surface area (Å²) in [5.74, 6) is -3.42. The monoisotopic (exact) mass is 704 g/mol. The molecule has 0 radical (unpaired) electrons. The fraction of sp³-hybridized carbons (Fsp3) is 0.382. The molecule has 1 heterocycles. The van der Waals surface area contributed by atoms with Crippen molar-refractivity contribution in [1.29, 1.82) is 0 Å². The Balaban J connectivity index is 1.84. The van der Waals surface area contributed by atoms with Crippen LogP contribution < -0.4 is 49.9 Å². The zero-order valence-corrected chi connectivity index (χ0v) is 28.6. The van der Waals surface area contributed by atoms with Gasteiger partial charge in [-0.25, -0.2) is 0 Å². The maximum atomic E-state index is 13.9. The molecule has 3 rings (SSSR count). The quantitative estimate of drug-likeness (QED) is 0.0371. The molecule has 0 aliphatic rings. The van der Waals surface area contributed by atoms with Gasteiger partial charge in [0.15, 0.2) is 11.9 Å². The van der Waals surface area contributed by atoms with Crippen LogP contribution in [0.4, 0.5) is 0 Å². The standard InChI is InChI=1S/C34H48N12O5/c1-20(47)43-25(13-7-15-40-33(36)37)30(49)46-28(17-21-9-3-2-4-10-21)32(51)44-26(14-8-16-41-34(38)39)31(50)45-27(29(35)48)18-22-19-42-24-12-6-5-11-23(22)24/h2-6,9-12,19,25-28,42H,7-8,13-18H2,1H3,(H2,35,48)(H,43,47)(H,44,51)(H,45,50)(H,46,49)(H4,36,37,40)(H4,38,39,41)/t25-,26+,27+,28-/m1/s1. The van der Waals surface area contributed by atoms with Gasteiger partial charge < -0.3 is 54.9 Å². The average Bonchev–Trinajstić information content (AvgIpc) is 3.49. The van der Waals surface area contributed by atoms with Crippen LogP contribution in [-0.2, 0) is 36.8 Å². The molecule has 51 heavy (non-hydrogen) atoms. The van der Waals surface area contributed by atoms with Crippen molar-refractivity contribution >= 4 is 52.4 Å². The van der Waals surface area contributed by atoms with Crippen molar-refractivity contribution in [3.8, 4) is 0 Å². The molecule has 2 aromatic carbocycles. The van der Waals surface area contributed by atoms with E-state index in [1.807, 2.05) is 30.3 Å². The summed E-state index contributed by atoms with van der Waals surface area (Å²) in [6.45, 7) is 1.66. The van der Waals surface area contributed by atoms with Gasteiger partial charge >= 0.3 is 0 Å². The Kier molecular flexibility index (Phi) is 15.2. The van der Waals surface area contributed by atoms with Crippen molar-refractivity contribution < 1.29 is 24.0 Å². The molecule has 4 atom stereocenters. The highest BCUT2D eigenvalue weighted by Gasteiger charge is 2.31. The number of H-pyrrole nitrogens is 1. The maximum Gasteiger partial charge on any atom is 0.243 e. The van der Waals surface area contributed by atoms with E-state index in [9.17, 15) is 24.0 Å². The number of primary amides is 1. The lowest BCUT2D eigenvalue weighted by Crippen LogP contribution is -2.58. The zero-order valence-electron chi connectivity index (χ0n) is 28.6. The van der Waals surface area contributed by atoms with Crippen molar-refractivity contribution in [2.24, 2.45) is 38.7 Å². The smallest absolute Gasteiger partial charge is 0.243 e. The number of guanidine groups is 2. The van der Waals surface area contributed by atoms with E-state index in [0.29, 0.717) is 6.42 Å². The second-order valence-corrected chi connectivity index (χ2v) is 12.0. The second-order valence-electron chi connectivity index (χ2n) is 12.0. The first kappa shape index (κ1) is 39.3. The second kappa shape index (κ2) is 19.8. The number of benzene rings is 2. The number of rotatable bonds is 20. The molecule has 0 unspecified atom stereocenters. The van der Waals surface area contributed by atoms with Gasteiger partial charge in [-0.05, 0) is 42.9 Å². The highest BCUT2D eigenvalue weighted by atomic mass is 16.2. The van der Waals surface area contributed by atoms with Gasteiger partial charge in [0, 0.05) is 50.0 Å². The first-order valence-electron chi connectivity index (χ1n) is 16.5. The van der Waals surface area contributed by atoms with Crippen molar-refractivity contribution in [3.05, 3.63) is 71.9 Å². The minimum absolute atomic E-state index is 0.0615. The van der Waals surface area contributed by atoms with Gasteiger partial charge in [0.25, 0.3) is 0 Å². The minimum Gasteiger partial charge on any atom is -0.370 e. The molecule has 5 amide bonds. The molecule has 17 heteroatoms. The van der Waals surface area contributed by atoms with Crippen molar-refractivity contribution in [3.63, 3.8) is 0 Å². The molecule has 0 fully saturated rings. The summed E-state index contributed by atoms with van der Waals surface area (Å²) >= 11 is 0. The van der Waals surface area contributed by atoms with Crippen LogP contribution in [0.5, 0.6) is 0 Å². The van der Waals surface area contributed by atoms with Gasteiger partial charge in [-0.15, -0.1) is 0 Å². The normalized spacial score (nSPS) is 13.1. The number of hydrogen-bond acceptors (Lipinski definition) is 7. The number of aliphatic imine (C=N–C) groups is 2. The van der Waals surface area contributed by atoms with Crippen LogP contribution in [0.25, 0.3) is 10.9 Å². The number of nitrogens with one attached hydrogen (secondary N) is 5. The van der Waals surface area contributed by atoms with E-state index >= 15 is 0 Å². The summed E-state index contributed by atoms with van der Waals surface area (Å²) in [5.41, 5.74) is 29.8. The number of nitrogens with zero attached hydrogens (tertiary/aromatic N) is 2. The van der Waals surface area contributed by atoms with Crippen LogP contribution in [-0.4, -0.2) is 83.7 Å². The summed E-state index contributed by atoms with van der Waals surface area (Å²) in [6, 6.07) is 12.0. The maximum absolute atomic E-state index is 13.9. The third kappa shape index (κ3) is 13.4. The van der Waals surface area contributed by atoms with Crippen LogP contribution >= 0.6 is 0 Å². The van der Waals surface area contributed by atoms with Gasteiger partial charge in [0.2, 0.25) is 29.5 Å². The van der Waals surface area contributed by atoms with Gasteiger partial charge in [0.05, 0.1) is 0 Å². The molecular weight excluding hydrogens is 656 g/mol. The third-order valence-corrected chi connectivity index (χ3v) is 7.89. The summed E-state index contributed by atoms with van der Waals surface area (Å²) in [5, 5.41) is 11.6. The molecule has 0 saturated heterocycles. The van der Waals surface area contributed by atoms with E-state index in [1.165, 1.54) is 6.92 Å². The Bertz CT molecular complexity index is 1700. The minimum atomic E-state index is -1.17. The van der Waals surface area contributed by atoms with Gasteiger partial charge in [0.1, 0.15) is 24.2 Å². The Labute approximate surface area is 295 Å². The lowest BCUT2D eigenvalue weighted by atomic mass is 10.0. The predicted molar refractivity (Wildman–Crippen MR) is 195 cm³/mol. The van der Waals surface area contributed by atoms with E-state index in [-0.39, 0.29) is 57.1 Å². The number of hydrogen-bond donors (Lipinski definition) is 10. The van der Waals surface area contributed by atoms with Crippen molar-refractivity contribution in [2.75, 3.05) is 13.1 Å². The Hall–Kier alpha value is -6.13. The summed E-state index contributed by atoms with van der Waals surface area (Å²) in [6.07, 6.45) is 2.82. The number of aromatic amines is 1. The van der Waals surface area contributed by atoms with Crippen molar-refractivity contribution in [1.82, 2.24) is 26.3 Å². The number of para-hydroxylation sites is 1. The number of aromatic nitrogens is 1. The third-order valence-electron chi connectivity index (χ3n) is 7.89. The molecule has 1 aromatic heterocycles. The molecule has 0 aliphatic heterocycles. The average molecular weight is 705 g/mol. The summed E-state index contributed by atoms with van der Waals surface area (Å²) < 4.78 is 0. The fourth-order valence-corrected chi connectivity index (χ4v) is 5.41. The van der Waals surface area contributed by atoms with Crippen LogP contribution in [0.1, 0.15) is 43.7 Å². The summed E-state index contributed by atoms with van der Waals surface area (Å²) in [7, 11) is 0. The molecule has 15 N–H and O–H groups in total. The SMILES string of the molecule is CC(=O)N[C@H](CCCN=C(N)N)C(=O)N[C@H](Cc1ccccc1)C(=O)N[C@@H](CCCN=C(N)N)C(=O)N[C@@H](Cc1c[nH]c2ccccc12)C(N)=O. The topological polar surface area (TPSA) is 304 Å². The predicted octanol–water partition coefficient (Wildman–Crippen LogP) is -1.50. The number of nitrogens with two attached hydrogens (primary N) is 5. The van der Waals surface area contributed by atoms with E-state index in [4.69, 9.17) is 28.7 Å². The van der Waals surface area contributed by atoms with E-state index in [0.717, 1.165) is 22.0 Å². The van der Waals surface area contributed by atoms with Crippen LogP contribution in [0.2, 0.25) is 0 Å². The highest BCUT2D eigenvalue weighted by Crippen LogP contribution is 2.19. The molecule has 274 valence electrons. The molecule has 17 nitrogen and oxygen atoms in total. The first-order chi connectivity index (χ1) is 24.3. The Morgan fingerprint density at radius 2 is 1.16 bits per heavy atom. The van der Waals surface area contributed by atoms with E-state index in [1.54, 1.807) is 30.5 Å². The first-order valence-corrected chi connectivity index (χ1v) is 16.5. The van der Waals surface area contributed by atoms with Crippen LogP contribution in [0.3, 0.4) is 0 Å². The van der Waals surface area contributed by atoms with E-state index < -0.39 is 53.7 Å². The van der Waals surface area contributed by atoms with Gasteiger partial charge in [-0.1, -0.05) is 48.5 Å². The van der Waals surface area contributed by atoms with Gasteiger partial charge in [-0.3, -0.25) is 34.0 Å². The molecule has 3 aromatic rings. The Morgan fingerprint density at radius 3 is 1.73 bits per heavy atom. The summed E-state index contributed by atoms with van der Waals surface area (Å²) in [4.78, 5) is 76.7. The zero-order chi connectivity index (χ0) is 37.3. The van der Waals surface area contributed by atoms with Crippen LogP contribution in [0.15, 0.2) is 70.8 Å². The molecule has 0 saturated carbocycles.